The van der Waals surface area contributed by atoms with Gasteiger partial charge in [-0.1, -0.05) is 279 Å². The second-order valence-electron chi connectivity index (χ2n) is 17.5. The van der Waals surface area contributed by atoms with Crippen LogP contribution in [0.5, 0.6) is 0 Å². The van der Waals surface area contributed by atoms with E-state index in [2.05, 4.69) is 279 Å². The van der Waals surface area contributed by atoms with Crippen LogP contribution < -0.4 is 0 Å². The minimum atomic E-state index is 1.19. The van der Waals surface area contributed by atoms with Crippen molar-refractivity contribution >= 4 is 67.4 Å². The smallest absolute Gasteiger partial charge is 0.00141 e. The van der Waals surface area contributed by atoms with Crippen LogP contribution in [0.2, 0.25) is 0 Å². The molecule has 0 aliphatic heterocycles. The number of benzene rings is 12. The van der Waals surface area contributed by atoms with Crippen LogP contribution in [0.3, 0.4) is 0 Å². The summed E-state index contributed by atoms with van der Waals surface area (Å²) in [6.07, 6.45) is 8.86. The summed E-state index contributed by atoms with van der Waals surface area (Å²) in [6.45, 7) is 0. The van der Waals surface area contributed by atoms with Crippen LogP contribution >= 0.6 is 0 Å². The highest BCUT2D eigenvalue weighted by atomic mass is 14.2. The maximum Gasteiger partial charge on any atom is -0.00141 e. The van der Waals surface area contributed by atoms with Gasteiger partial charge in [0.15, 0.2) is 0 Å². The Balaban J connectivity index is 0.976. The van der Waals surface area contributed by atoms with Gasteiger partial charge in [0.25, 0.3) is 0 Å². The van der Waals surface area contributed by atoms with Crippen LogP contribution in [0, 0.1) is 0 Å². The topological polar surface area (TPSA) is 0 Å². The minimum Gasteiger partial charge on any atom is -0.0622 e. The van der Waals surface area contributed by atoms with Crippen molar-refractivity contribution in [2.24, 2.45) is 0 Å². The molecule has 0 saturated carbocycles. The van der Waals surface area contributed by atoms with Gasteiger partial charge >= 0.3 is 0 Å². The maximum absolute atomic E-state index is 2.33. The summed E-state index contributed by atoms with van der Waals surface area (Å²) in [6, 6.07) is 92.9. The molecule has 68 heavy (non-hydrogen) atoms. The molecule has 0 aromatic heterocycles. The first-order chi connectivity index (χ1) is 33.7. The molecule has 0 heterocycles. The van der Waals surface area contributed by atoms with Crippen molar-refractivity contribution in [3.05, 3.63) is 277 Å². The van der Waals surface area contributed by atoms with Gasteiger partial charge in [-0.3, -0.25) is 0 Å². The van der Waals surface area contributed by atoms with Crippen LogP contribution in [-0.2, 0) is 0 Å². The van der Waals surface area contributed by atoms with Gasteiger partial charge in [0.1, 0.15) is 0 Å². The van der Waals surface area contributed by atoms with E-state index in [-0.39, 0.29) is 0 Å². The third kappa shape index (κ3) is 7.59. The summed E-state index contributed by atoms with van der Waals surface area (Å²) in [7, 11) is 0. The molecule has 0 atom stereocenters. The van der Waals surface area contributed by atoms with Crippen molar-refractivity contribution in [1.82, 2.24) is 0 Å². The van der Waals surface area contributed by atoms with Gasteiger partial charge in [0, 0.05) is 0 Å². The first kappa shape index (κ1) is 40.7. The molecule has 12 aromatic carbocycles. The van der Waals surface area contributed by atoms with Crippen molar-refractivity contribution in [2.75, 3.05) is 0 Å². The van der Waals surface area contributed by atoms with Gasteiger partial charge in [-0.05, 0) is 121 Å². The molecule has 0 unspecified atom stereocenters. The highest BCUT2D eigenvalue weighted by molar-refractivity contribution is 6.25. The fraction of sp³-hybridized carbons (Fsp3) is 0. The second-order valence-corrected chi connectivity index (χ2v) is 17.5. The van der Waals surface area contributed by atoms with Crippen molar-refractivity contribution in [1.29, 1.82) is 0 Å². The molecule has 12 aromatic rings. The Bertz CT molecular complexity index is 3840. The molecule has 0 nitrogen and oxygen atoms in total. The monoisotopic (exact) mass is 862 g/mol. The fourth-order valence-electron chi connectivity index (χ4n) is 10.3. The maximum atomic E-state index is 2.33. The lowest BCUT2D eigenvalue weighted by Gasteiger charge is -2.21. The van der Waals surface area contributed by atoms with E-state index in [0.29, 0.717) is 0 Å². The van der Waals surface area contributed by atoms with Crippen LogP contribution in [-0.4, -0.2) is 0 Å². The number of hydrogen-bond acceptors (Lipinski definition) is 0. The molecular weight excluding hydrogens is 817 g/mol. The van der Waals surface area contributed by atoms with E-state index in [9.17, 15) is 0 Å². The molecule has 318 valence electrons. The van der Waals surface area contributed by atoms with Crippen LogP contribution in [0.1, 0.15) is 22.3 Å². The average molecular weight is 863 g/mol. The van der Waals surface area contributed by atoms with E-state index in [1.165, 1.54) is 121 Å². The summed E-state index contributed by atoms with van der Waals surface area (Å²) >= 11 is 0. The lowest BCUT2D eigenvalue weighted by atomic mass is 9.82. The minimum absolute atomic E-state index is 1.19. The summed E-state index contributed by atoms with van der Waals surface area (Å²) in [5.74, 6) is 0. The average Bonchev–Trinajstić information content (AvgIpc) is 3.41. The summed E-state index contributed by atoms with van der Waals surface area (Å²) in [5.41, 5.74) is 17.0. The summed E-state index contributed by atoms with van der Waals surface area (Å²) < 4.78 is 0. The molecule has 0 aliphatic rings. The summed E-state index contributed by atoms with van der Waals surface area (Å²) in [5, 5.41) is 9.95. The van der Waals surface area contributed by atoms with Crippen molar-refractivity contribution < 1.29 is 0 Å². The van der Waals surface area contributed by atoms with Crippen LogP contribution in [0.25, 0.3) is 123 Å². The molecular formula is C68H46. The zero-order valence-corrected chi connectivity index (χ0v) is 37.6. The van der Waals surface area contributed by atoms with Crippen LogP contribution in [0.15, 0.2) is 255 Å². The van der Waals surface area contributed by atoms with E-state index in [1.807, 2.05) is 0 Å². The van der Waals surface area contributed by atoms with Gasteiger partial charge in [-0.2, -0.15) is 0 Å². The highest BCUT2D eigenvalue weighted by Crippen LogP contribution is 2.48. The van der Waals surface area contributed by atoms with Crippen molar-refractivity contribution in [2.45, 2.75) is 0 Å². The molecule has 12 rings (SSSR count). The Labute approximate surface area is 398 Å². The lowest BCUT2D eigenvalue weighted by molar-refractivity contribution is 1.61. The van der Waals surface area contributed by atoms with Crippen molar-refractivity contribution in [3.63, 3.8) is 0 Å². The predicted octanol–water partition coefficient (Wildman–Crippen LogP) is 19.0. The van der Waals surface area contributed by atoms with Gasteiger partial charge < -0.3 is 0 Å². The molecule has 0 N–H and O–H groups in total. The van der Waals surface area contributed by atoms with Gasteiger partial charge in [0.2, 0.25) is 0 Å². The van der Waals surface area contributed by atoms with E-state index in [1.54, 1.807) is 0 Å². The first-order valence-electron chi connectivity index (χ1n) is 23.5. The normalized spacial score (nSPS) is 11.7. The van der Waals surface area contributed by atoms with Crippen LogP contribution in [0.4, 0.5) is 0 Å². The predicted molar refractivity (Wildman–Crippen MR) is 294 cm³/mol. The third-order valence-electron chi connectivity index (χ3n) is 13.5. The lowest BCUT2D eigenvalue weighted by Crippen LogP contribution is -1.93. The zero-order valence-electron chi connectivity index (χ0n) is 37.6. The highest BCUT2D eigenvalue weighted by Gasteiger charge is 2.20. The molecule has 0 bridgehead atoms. The van der Waals surface area contributed by atoms with E-state index in [0.717, 1.165) is 0 Å². The Morgan fingerprint density at radius 2 is 0.544 bits per heavy atom. The number of rotatable bonds is 9. The largest absolute Gasteiger partial charge is 0.0622 e. The molecule has 0 amide bonds. The zero-order chi connectivity index (χ0) is 45.2. The van der Waals surface area contributed by atoms with Gasteiger partial charge in [0.05, 0.1) is 0 Å². The molecule has 0 radical (unpaired) electrons. The first-order valence-corrected chi connectivity index (χ1v) is 23.5. The van der Waals surface area contributed by atoms with Crippen molar-refractivity contribution in [3.8, 4) is 55.6 Å². The summed E-state index contributed by atoms with van der Waals surface area (Å²) in [4.78, 5) is 0. The Morgan fingerprint density at radius 3 is 1.06 bits per heavy atom. The van der Waals surface area contributed by atoms with Gasteiger partial charge in [-0.15, -0.1) is 0 Å². The quantitative estimate of drug-likeness (QED) is 0.100. The Kier molecular flexibility index (Phi) is 10.7. The third-order valence-corrected chi connectivity index (χ3v) is 13.5. The van der Waals surface area contributed by atoms with E-state index in [4.69, 9.17) is 0 Å². The SMILES string of the molecule is C(=C\c1cccc2c(-c3ccc(-c4c5ccccc5c(-c5ccc(-c6cccc7c(/C=C/c8ccccc8)cccc67)cc5)c5c(-c6ccccc6)cccc45)cc3)cccc12)/c1ccccc1. The standard InChI is InChI=1S/C68H46/c1-4-17-47(18-5-1)35-37-50-23-12-32-61-56(50)27-14-29-58(61)52-39-43-54(44-40-52)66-63-25-10-11-26-64(63)67(68-60(31-16-34-65(66)68)49-21-8-3-9-22-49)55-45-41-53(42-46-55)59-30-15-28-57-51(24-13-33-62(57)59)38-36-48-19-6-2-7-20-48/h1-46H/b37-35+,38-36+. The van der Waals surface area contributed by atoms with E-state index >= 15 is 0 Å². The fourth-order valence-corrected chi connectivity index (χ4v) is 10.3. The van der Waals surface area contributed by atoms with Gasteiger partial charge in [-0.25, -0.2) is 0 Å². The van der Waals surface area contributed by atoms with E-state index < -0.39 is 0 Å². The number of hydrogen-bond donors (Lipinski definition) is 0. The molecule has 0 saturated heterocycles. The second kappa shape index (κ2) is 17.9. The molecule has 0 aliphatic carbocycles. The molecule has 0 heteroatoms. The Hall–Kier alpha value is -8.84. The molecule has 0 fully saturated rings. The Morgan fingerprint density at radius 1 is 0.191 bits per heavy atom. The molecule has 0 spiro atoms. The number of fused-ring (bicyclic) bond motifs is 4.